The zero-order valence-electron chi connectivity index (χ0n) is 9.74. The fraction of sp³-hybridized carbons (Fsp3) is 0.600. The Bertz CT molecular complexity index is 400. The van der Waals surface area contributed by atoms with Crippen LogP contribution in [-0.4, -0.2) is 20.8 Å². The van der Waals surface area contributed by atoms with Crippen LogP contribution in [0.25, 0.3) is 0 Å². The van der Waals surface area contributed by atoms with Crippen molar-refractivity contribution < 1.29 is 5.21 Å². The van der Waals surface area contributed by atoms with Crippen LogP contribution < -0.4 is 5.73 Å². The predicted molar refractivity (Wildman–Crippen MR) is 66.8 cm³/mol. The maximum Gasteiger partial charge on any atom is 0.141 e. The van der Waals surface area contributed by atoms with Crippen molar-refractivity contribution in [2.24, 2.45) is 10.9 Å². The summed E-state index contributed by atoms with van der Waals surface area (Å²) < 4.78 is 2.95. The zero-order valence-corrected chi connectivity index (χ0v) is 11.3. The molecule has 6 heteroatoms. The highest BCUT2D eigenvalue weighted by Gasteiger charge is 2.17. The Morgan fingerprint density at radius 2 is 2.25 bits per heavy atom. The highest BCUT2D eigenvalue weighted by Crippen LogP contribution is 2.25. The standard InChI is InChI=1S/C10H17BrN4O/c1-4-8(5-9(12)14-16)15-7(3)10(11)6(2)13-15/h8,16H,4-5H2,1-3H3,(H2,12,14). The van der Waals surface area contributed by atoms with Crippen molar-refractivity contribution in [2.45, 2.75) is 39.7 Å². The molecule has 16 heavy (non-hydrogen) atoms. The van der Waals surface area contributed by atoms with Gasteiger partial charge in [0, 0.05) is 6.42 Å². The molecular formula is C10H17BrN4O. The van der Waals surface area contributed by atoms with E-state index in [0.29, 0.717) is 6.42 Å². The van der Waals surface area contributed by atoms with Crippen LogP contribution in [0.4, 0.5) is 0 Å². The van der Waals surface area contributed by atoms with Crippen LogP contribution in [0.15, 0.2) is 9.63 Å². The van der Waals surface area contributed by atoms with Crippen molar-refractivity contribution in [2.75, 3.05) is 0 Å². The molecule has 0 bridgehead atoms. The average molecular weight is 289 g/mol. The molecule has 1 rings (SSSR count). The molecule has 0 radical (unpaired) electrons. The van der Waals surface area contributed by atoms with Gasteiger partial charge < -0.3 is 10.9 Å². The zero-order chi connectivity index (χ0) is 12.3. The number of aromatic nitrogens is 2. The number of oxime groups is 1. The van der Waals surface area contributed by atoms with Gasteiger partial charge in [0.2, 0.25) is 0 Å². The summed E-state index contributed by atoms with van der Waals surface area (Å²) in [6.45, 7) is 6.00. The summed E-state index contributed by atoms with van der Waals surface area (Å²) >= 11 is 3.49. The van der Waals surface area contributed by atoms with Gasteiger partial charge in [-0.3, -0.25) is 4.68 Å². The largest absolute Gasteiger partial charge is 0.409 e. The van der Waals surface area contributed by atoms with Crippen LogP contribution >= 0.6 is 15.9 Å². The molecule has 1 heterocycles. The van der Waals surface area contributed by atoms with Crippen molar-refractivity contribution in [3.63, 3.8) is 0 Å². The molecule has 5 nitrogen and oxygen atoms in total. The van der Waals surface area contributed by atoms with Crippen LogP contribution in [0.2, 0.25) is 0 Å². The molecule has 1 aromatic rings. The molecule has 0 aliphatic carbocycles. The van der Waals surface area contributed by atoms with Crippen molar-refractivity contribution in [3.8, 4) is 0 Å². The van der Waals surface area contributed by atoms with Gasteiger partial charge in [-0.2, -0.15) is 5.10 Å². The van der Waals surface area contributed by atoms with Gasteiger partial charge in [-0.15, -0.1) is 0 Å². The Labute approximate surface area is 103 Å². The maximum absolute atomic E-state index is 8.58. The van der Waals surface area contributed by atoms with E-state index in [2.05, 4.69) is 33.1 Å². The van der Waals surface area contributed by atoms with Crippen molar-refractivity contribution >= 4 is 21.8 Å². The second-order valence-corrected chi connectivity index (χ2v) is 4.58. The monoisotopic (exact) mass is 288 g/mol. The van der Waals surface area contributed by atoms with E-state index in [0.717, 1.165) is 22.3 Å². The molecular weight excluding hydrogens is 272 g/mol. The first kappa shape index (κ1) is 13.0. The number of nitrogens with zero attached hydrogens (tertiary/aromatic N) is 3. The van der Waals surface area contributed by atoms with Gasteiger partial charge >= 0.3 is 0 Å². The quantitative estimate of drug-likeness (QED) is 0.386. The smallest absolute Gasteiger partial charge is 0.141 e. The van der Waals surface area contributed by atoms with Crippen molar-refractivity contribution in [1.82, 2.24) is 9.78 Å². The van der Waals surface area contributed by atoms with E-state index in [1.165, 1.54) is 0 Å². The molecule has 0 aliphatic heterocycles. The number of hydrogen-bond acceptors (Lipinski definition) is 3. The van der Waals surface area contributed by atoms with Crippen molar-refractivity contribution in [1.29, 1.82) is 0 Å². The number of amidine groups is 1. The molecule has 0 aromatic carbocycles. The van der Waals surface area contributed by atoms with E-state index < -0.39 is 0 Å². The third-order valence-corrected chi connectivity index (χ3v) is 3.77. The SMILES string of the molecule is CCC(CC(N)=NO)n1nc(C)c(Br)c1C. The molecule has 3 N–H and O–H groups in total. The summed E-state index contributed by atoms with van der Waals surface area (Å²) in [5.41, 5.74) is 7.55. The van der Waals surface area contributed by atoms with E-state index in [9.17, 15) is 0 Å². The minimum Gasteiger partial charge on any atom is -0.409 e. The molecule has 0 aliphatic rings. The summed E-state index contributed by atoms with van der Waals surface area (Å²) in [4.78, 5) is 0. The van der Waals surface area contributed by atoms with Gasteiger partial charge in [0.15, 0.2) is 0 Å². The third-order valence-electron chi connectivity index (χ3n) is 2.63. The molecule has 0 saturated heterocycles. The number of rotatable bonds is 4. The number of hydrogen-bond donors (Lipinski definition) is 2. The summed E-state index contributed by atoms with van der Waals surface area (Å²) in [6, 6.07) is 0.126. The van der Waals surface area contributed by atoms with E-state index in [4.69, 9.17) is 10.9 Å². The van der Waals surface area contributed by atoms with E-state index in [-0.39, 0.29) is 11.9 Å². The Kier molecular flexibility index (Phi) is 4.35. The minimum absolute atomic E-state index is 0.126. The van der Waals surface area contributed by atoms with E-state index >= 15 is 0 Å². The summed E-state index contributed by atoms with van der Waals surface area (Å²) in [5.74, 6) is 0.232. The molecule has 0 amide bonds. The lowest BCUT2D eigenvalue weighted by molar-refractivity contribution is 0.314. The highest BCUT2D eigenvalue weighted by atomic mass is 79.9. The Morgan fingerprint density at radius 1 is 1.62 bits per heavy atom. The Balaban J connectivity index is 3.00. The van der Waals surface area contributed by atoms with Crippen LogP contribution in [0.3, 0.4) is 0 Å². The lowest BCUT2D eigenvalue weighted by Gasteiger charge is -2.16. The second kappa shape index (κ2) is 5.34. The third kappa shape index (κ3) is 2.55. The van der Waals surface area contributed by atoms with E-state index in [1.54, 1.807) is 0 Å². The van der Waals surface area contributed by atoms with Gasteiger partial charge in [-0.25, -0.2) is 0 Å². The Hall–Kier alpha value is -1.04. The Morgan fingerprint density at radius 3 is 2.62 bits per heavy atom. The van der Waals surface area contributed by atoms with Crippen LogP contribution in [-0.2, 0) is 0 Å². The molecule has 1 unspecified atom stereocenters. The fourth-order valence-corrected chi connectivity index (χ4v) is 1.95. The fourth-order valence-electron chi connectivity index (χ4n) is 1.68. The molecule has 0 fully saturated rings. The molecule has 0 saturated carbocycles. The lowest BCUT2D eigenvalue weighted by Crippen LogP contribution is -2.21. The number of halogens is 1. The predicted octanol–water partition coefficient (Wildman–Crippen LogP) is 2.35. The first-order chi connectivity index (χ1) is 7.51. The number of aryl methyl sites for hydroxylation is 1. The highest BCUT2D eigenvalue weighted by molar-refractivity contribution is 9.10. The molecule has 0 spiro atoms. The van der Waals surface area contributed by atoms with Crippen LogP contribution in [0.1, 0.15) is 37.2 Å². The summed E-state index contributed by atoms with van der Waals surface area (Å²) in [6.07, 6.45) is 1.38. The van der Waals surface area contributed by atoms with Gasteiger partial charge in [-0.05, 0) is 36.2 Å². The van der Waals surface area contributed by atoms with Gasteiger partial charge in [0.05, 0.1) is 21.9 Å². The molecule has 1 atom stereocenters. The minimum atomic E-state index is 0.126. The van der Waals surface area contributed by atoms with Gasteiger partial charge in [0.1, 0.15) is 5.84 Å². The molecule has 1 aromatic heterocycles. The topological polar surface area (TPSA) is 76.4 Å². The second-order valence-electron chi connectivity index (χ2n) is 3.79. The van der Waals surface area contributed by atoms with E-state index in [1.807, 2.05) is 18.5 Å². The van der Waals surface area contributed by atoms with Crippen molar-refractivity contribution in [3.05, 3.63) is 15.9 Å². The number of nitrogens with two attached hydrogens (primary N) is 1. The average Bonchev–Trinajstić information content (AvgIpc) is 2.53. The van der Waals surface area contributed by atoms with Crippen LogP contribution in [0, 0.1) is 13.8 Å². The van der Waals surface area contributed by atoms with Crippen LogP contribution in [0.5, 0.6) is 0 Å². The van der Waals surface area contributed by atoms with Gasteiger partial charge in [0.25, 0.3) is 0 Å². The summed E-state index contributed by atoms with van der Waals surface area (Å²) in [7, 11) is 0. The molecule has 90 valence electrons. The van der Waals surface area contributed by atoms with Gasteiger partial charge in [-0.1, -0.05) is 12.1 Å². The summed E-state index contributed by atoms with van der Waals surface area (Å²) in [5, 5.41) is 16.0. The lowest BCUT2D eigenvalue weighted by atomic mass is 10.1. The maximum atomic E-state index is 8.58. The first-order valence-electron chi connectivity index (χ1n) is 5.18. The normalized spacial score (nSPS) is 14.1. The first-order valence-corrected chi connectivity index (χ1v) is 5.98.